The minimum atomic E-state index is -3.48. The van der Waals surface area contributed by atoms with Crippen molar-refractivity contribution in [1.29, 1.82) is 0 Å². The Hall–Kier alpha value is -1.14. The minimum absolute atomic E-state index is 0.0923. The number of aromatic nitrogens is 1. The van der Waals surface area contributed by atoms with E-state index in [1.54, 1.807) is 22.6 Å². The zero-order chi connectivity index (χ0) is 14.8. The fourth-order valence-corrected chi connectivity index (χ4v) is 4.70. The van der Waals surface area contributed by atoms with Crippen molar-refractivity contribution in [2.75, 3.05) is 18.4 Å². The molecular weight excluding hydrogens is 274 g/mol. The first-order chi connectivity index (χ1) is 9.48. The molecule has 0 radical (unpaired) electrons. The molecular formula is C14H23N3O2S. The van der Waals surface area contributed by atoms with E-state index in [0.29, 0.717) is 24.8 Å². The number of rotatable bonds is 5. The highest BCUT2D eigenvalue weighted by Crippen LogP contribution is 2.32. The predicted octanol–water partition coefficient (Wildman–Crippen LogP) is 2.32. The average molecular weight is 297 g/mol. The number of pyridine rings is 1. The van der Waals surface area contributed by atoms with Gasteiger partial charge in [0.05, 0.1) is 0 Å². The summed E-state index contributed by atoms with van der Waals surface area (Å²) in [5.41, 5.74) is 0. The van der Waals surface area contributed by atoms with Gasteiger partial charge in [-0.05, 0) is 37.8 Å². The molecule has 6 heteroatoms. The van der Waals surface area contributed by atoms with Gasteiger partial charge in [-0.1, -0.05) is 13.8 Å². The standard InChI is InChI=1S/C14H23N3O2S/c1-4-15-14-13(8-5-9-16-14)20(18,19)17-10-6-7-12(17)11(2)3/h5,8-9,11-12H,4,6-7,10H2,1-3H3,(H,15,16). The SMILES string of the molecule is CCNc1ncccc1S(=O)(=O)N1CCCC1C(C)C. The molecule has 0 spiro atoms. The van der Waals surface area contributed by atoms with E-state index in [1.807, 2.05) is 6.92 Å². The molecule has 1 aromatic rings. The zero-order valence-electron chi connectivity index (χ0n) is 12.3. The van der Waals surface area contributed by atoms with Gasteiger partial charge < -0.3 is 5.32 Å². The molecule has 0 saturated carbocycles. The van der Waals surface area contributed by atoms with E-state index in [1.165, 1.54) is 0 Å². The molecule has 2 heterocycles. The lowest BCUT2D eigenvalue weighted by molar-refractivity contribution is 0.316. The van der Waals surface area contributed by atoms with Crippen LogP contribution in [0.2, 0.25) is 0 Å². The van der Waals surface area contributed by atoms with Gasteiger partial charge >= 0.3 is 0 Å². The van der Waals surface area contributed by atoms with Crippen molar-refractivity contribution in [3.8, 4) is 0 Å². The number of nitrogens with zero attached hydrogens (tertiary/aromatic N) is 2. The highest BCUT2D eigenvalue weighted by molar-refractivity contribution is 7.89. The van der Waals surface area contributed by atoms with Crippen LogP contribution in [0.15, 0.2) is 23.2 Å². The van der Waals surface area contributed by atoms with Crippen LogP contribution in [0.5, 0.6) is 0 Å². The quantitative estimate of drug-likeness (QED) is 0.906. The molecule has 20 heavy (non-hydrogen) atoms. The molecule has 1 fully saturated rings. The normalized spacial score (nSPS) is 20.5. The molecule has 1 aliphatic rings. The Balaban J connectivity index is 2.40. The lowest BCUT2D eigenvalue weighted by atomic mass is 10.0. The Kier molecular flexibility index (Phi) is 4.65. The van der Waals surface area contributed by atoms with Gasteiger partial charge in [0.2, 0.25) is 10.0 Å². The molecule has 112 valence electrons. The largest absolute Gasteiger partial charge is 0.369 e. The van der Waals surface area contributed by atoms with Crippen molar-refractivity contribution in [2.24, 2.45) is 5.92 Å². The van der Waals surface area contributed by atoms with Gasteiger partial charge in [0.1, 0.15) is 10.7 Å². The van der Waals surface area contributed by atoms with Crippen LogP contribution in [0, 0.1) is 5.92 Å². The lowest BCUT2D eigenvalue weighted by Gasteiger charge is -2.27. The van der Waals surface area contributed by atoms with Crippen LogP contribution in [0.1, 0.15) is 33.6 Å². The van der Waals surface area contributed by atoms with Gasteiger partial charge in [0.15, 0.2) is 0 Å². The molecule has 5 nitrogen and oxygen atoms in total. The molecule has 1 N–H and O–H groups in total. The molecule has 1 unspecified atom stereocenters. The number of hydrogen-bond acceptors (Lipinski definition) is 4. The summed E-state index contributed by atoms with van der Waals surface area (Å²) in [4.78, 5) is 4.45. The van der Waals surface area contributed by atoms with Crippen molar-refractivity contribution in [2.45, 2.75) is 44.6 Å². The van der Waals surface area contributed by atoms with Crippen LogP contribution in [0.4, 0.5) is 5.82 Å². The van der Waals surface area contributed by atoms with Gasteiger partial charge in [0, 0.05) is 25.3 Å². The minimum Gasteiger partial charge on any atom is -0.369 e. The maximum absolute atomic E-state index is 12.9. The monoisotopic (exact) mass is 297 g/mol. The second-order valence-corrected chi connectivity index (χ2v) is 7.31. The van der Waals surface area contributed by atoms with E-state index in [4.69, 9.17) is 0 Å². The molecule has 0 bridgehead atoms. The Morgan fingerprint density at radius 1 is 1.50 bits per heavy atom. The van der Waals surface area contributed by atoms with Gasteiger partial charge in [0.25, 0.3) is 0 Å². The van der Waals surface area contributed by atoms with Crippen molar-refractivity contribution in [3.05, 3.63) is 18.3 Å². The third kappa shape index (κ3) is 2.81. The van der Waals surface area contributed by atoms with E-state index in [2.05, 4.69) is 24.1 Å². The molecule has 2 rings (SSSR count). The van der Waals surface area contributed by atoms with Crippen molar-refractivity contribution in [1.82, 2.24) is 9.29 Å². The summed E-state index contributed by atoms with van der Waals surface area (Å²) in [6.07, 6.45) is 3.48. The summed E-state index contributed by atoms with van der Waals surface area (Å²) in [5.74, 6) is 0.774. The second kappa shape index (κ2) is 6.10. The van der Waals surface area contributed by atoms with Gasteiger partial charge in [-0.2, -0.15) is 4.31 Å². The summed E-state index contributed by atoms with van der Waals surface area (Å²) in [6.45, 7) is 7.33. The van der Waals surface area contributed by atoms with Crippen molar-refractivity contribution in [3.63, 3.8) is 0 Å². The summed E-state index contributed by atoms with van der Waals surface area (Å²) < 4.78 is 27.4. The first-order valence-electron chi connectivity index (χ1n) is 7.19. The summed E-state index contributed by atoms with van der Waals surface area (Å²) in [7, 11) is -3.48. The van der Waals surface area contributed by atoms with Crippen LogP contribution >= 0.6 is 0 Å². The number of anilines is 1. The first-order valence-corrected chi connectivity index (χ1v) is 8.63. The number of nitrogens with one attached hydrogen (secondary N) is 1. The Morgan fingerprint density at radius 2 is 2.25 bits per heavy atom. The molecule has 1 saturated heterocycles. The van der Waals surface area contributed by atoms with E-state index < -0.39 is 10.0 Å². The smallest absolute Gasteiger partial charge is 0.247 e. The van der Waals surface area contributed by atoms with Gasteiger partial charge in [-0.3, -0.25) is 0 Å². The second-order valence-electron chi connectivity index (χ2n) is 5.45. The highest BCUT2D eigenvalue weighted by atomic mass is 32.2. The van der Waals surface area contributed by atoms with Gasteiger partial charge in [-0.25, -0.2) is 13.4 Å². The lowest BCUT2D eigenvalue weighted by Crippen LogP contribution is -2.38. The average Bonchev–Trinajstić information content (AvgIpc) is 2.89. The number of sulfonamides is 1. The molecule has 0 amide bonds. The number of hydrogen-bond donors (Lipinski definition) is 1. The molecule has 1 atom stereocenters. The topological polar surface area (TPSA) is 62.3 Å². The van der Waals surface area contributed by atoms with Crippen LogP contribution < -0.4 is 5.32 Å². The van der Waals surface area contributed by atoms with E-state index in [9.17, 15) is 8.42 Å². The maximum atomic E-state index is 12.9. The summed E-state index contributed by atoms with van der Waals surface area (Å²) in [5, 5.41) is 3.03. The first kappa shape index (κ1) is 15.3. The summed E-state index contributed by atoms with van der Waals surface area (Å²) >= 11 is 0. The maximum Gasteiger partial charge on any atom is 0.247 e. The zero-order valence-corrected chi connectivity index (χ0v) is 13.2. The van der Waals surface area contributed by atoms with Crippen LogP contribution in [-0.4, -0.2) is 36.8 Å². The Bertz CT molecular complexity index is 557. The summed E-state index contributed by atoms with van der Waals surface area (Å²) in [6, 6.07) is 3.40. The van der Waals surface area contributed by atoms with Crippen molar-refractivity contribution >= 4 is 15.8 Å². The van der Waals surface area contributed by atoms with Crippen LogP contribution in [0.3, 0.4) is 0 Å². The van der Waals surface area contributed by atoms with E-state index in [0.717, 1.165) is 12.8 Å². The van der Waals surface area contributed by atoms with E-state index in [-0.39, 0.29) is 10.9 Å². The van der Waals surface area contributed by atoms with Crippen molar-refractivity contribution < 1.29 is 8.42 Å². The Labute approximate surface area is 121 Å². The third-order valence-electron chi connectivity index (χ3n) is 3.72. The predicted molar refractivity (Wildman–Crippen MR) is 80.2 cm³/mol. The van der Waals surface area contributed by atoms with E-state index >= 15 is 0 Å². The Morgan fingerprint density at radius 3 is 2.90 bits per heavy atom. The van der Waals surface area contributed by atoms with Gasteiger partial charge in [-0.15, -0.1) is 0 Å². The molecule has 1 aliphatic heterocycles. The van der Waals surface area contributed by atoms with Crippen LogP contribution in [0.25, 0.3) is 0 Å². The molecule has 0 aromatic carbocycles. The van der Waals surface area contributed by atoms with Crippen LogP contribution in [-0.2, 0) is 10.0 Å². The highest BCUT2D eigenvalue weighted by Gasteiger charge is 2.37. The molecule has 0 aliphatic carbocycles. The molecule has 1 aromatic heterocycles. The fourth-order valence-electron chi connectivity index (χ4n) is 2.76. The third-order valence-corrected chi connectivity index (χ3v) is 5.68. The fraction of sp³-hybridized carbons (Fsp3) is 0.643.